The number of amides is 1. The molecule has 2 rings (SSSR count). The first-order valence-electron chi connectivity index (χ1n) is 5.55. The first kappa shape index (κ1) is 12.0. The van der Waals surface area contributed by atoms with Gasteiger partial charge >= 0.3 is 0 Å². The monoisotopic (exact) mass is 240 g/mol. The molecule has 0 spiro atoms. The van der Waals surface area contributed by atoms with E-state index in [0.29, 0.717) is 25.6 Å². The van der Waals surface area contributed by atoms with E-state index >= 15 is 0 Å². The van der Waals surface area contributed by atoms with E-state index in [9.17, 15) is 4.79 Å². The van der Waals surface area contributed by atoms with Gasteiger partial charge in [-0.05, 0) is 14.0 Å². The number of ether oxygens (including phenoxy) is 1. The van der Waals surface area contributed by atoms with Crippen LogP contribution in [-0.2, 0) is 16.1 Å². The lowest BCUT2D eigenvalue weighted by Gasteiger charge is -2.23. The van der Waals surface area contributed by atoms with Gasteiger partial charge in [-0.2, -0.15) is 0 Å². The summed E-state index contributed by atoms with van der Waals surface area (Å²) in [6, 6.07) is -0.333. The van der Waals surface area contributed by atoms with Gasteiger partial charge in [0, 0.05) is 6.54 Å². The van der Waals surface area contributed by atoms with Gasteiger partial charge in [0.1, 0.15) is 6.04 Å². The molecule has 1 amide bonds. The van der Waals surface area contributed by atoms with Crippen LogP contribution in [0.4, 0.5) is 0 Å². The maximum atomic E-state index is 12.2. The van der Waals surface area contributed by atoms with Crippen LogP contribution >= 0.6 is 0 Å². The molecule has 1 N–H and O–H groups in total. The molecular formula is C10H16N4O3. The Bertz CT molecular complexity index is 368. The first-order valence-corrected chi connectivity index (χ1v) is 5.55. The Morgan fingerprint density at radius 2 is 2.47 bits per heavy atom. The second kappa shape index (κ2) is 5.24. The van der Waals surface area contributed by atoms with E-state index < -0.39 is 0 Å². The molecule has 1 aliphatic rings. The number of hydrogen-bond acceptors (Lipinski definition) is 6. The van der Waals surface area contributed by atoms with Crippen LogP contribution in [0, 0.1) is 0 Å². The fourth-order valence-electron chi connectivity index (χ4n) is 1.90. The van der Waals surface area contributed by atoms with E-state index in [1.54, 1.807) is 11.9 Å². The zero-order valence-corrected chi connectivity index (χ0v) is 9.92. The Labute approximate surface area is 99.1 Å². The van der Waals surface area contributed by atoms with Crippen LogP contribution in [0.3, 0.4) is 0 Å². The van der Waals surface area contributed by atoms with Crippen molar-refractivity contribution in [2.75, 3.05) is 20.2 Å². The molecule has 94 valence electrons. The predicted octanol–water partition coefficient (Wildman–Crippen LogP) is -0.595. The van der Waals surface area contributed by atoms with Crippen LogP contribution < -0.4 is 5.32 Å². The second-order valence-electron chi connectivity index (χ2n) is 3.93. The van der Waals surface area contributed by atoms with Crippen molar-refractivity contribution >= 4 is 5.91 Å². The molecule has 2 atom stereocenters. The molecule has 1 aromatic rings. The highest BCUT2D eigenvalue weighted by Gasteiger charge is 2.32. The number of likely N-dealkylation sites (N-methyl/N-ethyl adjacent to an activating group) is 1. The average Bonchev–Trinajstić information content (AvgIpc) is 2.76. The Kier molecular flexibility index (Phi) is 3.70. The lowest BCUT2D eigenvalue weighted by Crippen LogP contribution is -2.48. The van der Waals surface area contributed by atoms with Crippen LogP contribution in [0.15, 0.2) is 10.8 Å². The molecule has 0 aliphatic carbocycles. The fourth-order valence-corrected chi connectivity index (χ4v) is 1.90. The van der Waals surface area contributed by atoms with E-state index in [1.807, 2.05) is 6.92 Å². The Morgan fingerprint density at radius 1 is 1.65 bits per heavy atom. The van der Waals surface area contributed by atoms with E-state index in [1.165, 1.54) is 6.39 Å². The van der Waals surface area contributed by atoms with Crippen molar-refractivity contribution in [3.8, 4) is 0 Å². The van der Waals surface area contributed by atoms with Crippen LogP contribution in [0.5, 0.6) is 0 Å². The highest BCUT2D eigenvalue weighted by atomic mass is 16.5. The van der Waals surface area contributed by atoms with Crippen molar-refractivity contribution in [2.45, 2.75) is 25.6 Å². The molecule has 0 radical (unpaired) electrons. The van der Waals surface area contributed by atoms with E-state index in [4.69, 9.17) is 9.15 Å². The summed E-state index contributed by atoms with van der Waals surface area (Å²) < 4.78 is 10.6. The normalized spacial score (nSPS) is 26.0. The quantitative estimate of drug-likeness (QED) is 0.760. The van der Waals surface area contributed by atoms with Crippen LogP contribution in [0.2, 0.25) is 0 Å². The van der Waals surface area contributed by atoms with Gasteiger partial charge in [0.2, 0.25) is 18.2 Å². The maximum absolute atomic E-state index is 12.2. The summed E-state index contributed by atoms with van der Waals surface area (Å²) in [5.41, 5.74) is 0. The number of carbonyl (C=O) groups is 1. The first-order chi connectivity index (χ1) is 8.22. The van der Waals surface area contributed by atoms with Crippen molar-refractivity contribution in [2.24, 2.45) is 0 Å². The minimum absolute atomic E-state index is 0.00398. The molecule has 17 heavy (non-hydrogen) atoms. The van der Waals surface area contributed by atoms with Crippen LogP contribution in [0.1, 0.15) is 12.8 Å². The third kappa shape index (κ3) is 2.62. The van der Waals surface area contributed by atoms with Gasteiger partial charge in [-0.3, -0.25) is 4.79 Å². The summed E-state index contributed by atoms with van der Waals surface area (Å²) in [4.78, 5) is 13.9. The molecule has 0 bridgehead atoms. The fraction of sp³-hybridized carbons (Fsp3) is 0.700. The third-order valence-corrected chi connectivity index (χ3v) is 2.83. The molecular weight excluding hydrogens is 224 g/mol. The van der Waals surface area contributed by atoms with Gasteiger partial charge in [0.05, 0.1) is 19.3 Å². The molecule has 7 nitrogen and oxygen atoms in total. The molecule has 2 unspecified atom stereocenters. The molecule has 1 aromatic heterocycles. The van der Waals surface area contributed by atoms with Crippen molar-refractivity contribution < 1.29 is 13.9 Å². The highest BCUT2D eigenvalue weighted by molar-refractivity contribution is 5.82. The third-order valence-electron chi connectivity index (χ3n) is 2.83. The number of nitrogens with zero attached hydrogens (tertiary/aromatic N) is 3. The Hall–Kier alpha value is -1.47. The van der Waals surface area contributed by atoms with Crippen molar-refractivity contribution in [1.82, 2.24) is 20.4 Å². The maximum Gasteiger partial charge on any atom is 0.242 e. The average molecular weight is 240 g/mol. The predicted molar refractivity (Wildman–Crippen MR) is 58.0 cm³/mol. The second-order valence-corrected chi connectivity index (χ2v) is 3.93. The molecule has 0 saturated carbocycles. The summed E-state index contributed by atoms with van der Waals surface area (Å²) in [6.07, 6.45) is 1.12. The van der Waals surface area contributed by atoms with E-state index in [2.05, 4.69) is 15.5 Å². The van der Waals surface area contributed by atoms with Crippen molar-refractivity contribution in [3.05, 3.63) is 12.3 Å². The van der Waals surface area contributed by atoms with E-state index in [-0.39, 0.29) is 18.1 Å². The van der Waals surface area contributed by atoms with Gasteiger partial charge in [0.15, 0.2) is 0 Å². The lowest BCUT2D eigenvalue weighted by atomic mass is 10.1. The topological polar surface area (TPSA) is 80.5 Å². The molecule has 7 heteroatoms. The zero-order valence-electron chi connectivity index (χ0n) is 9.92. The number of rotatable bonds is 3. The number of aromatic nitrogens is 2. The summed E-state index contributed by atoms with van der Waals surface area (Å²) in [5.74, 6) is 0.429. The lowest BCUT2D eigenvalue weighted by molar-refractivity contribution is -0.134. The molecule has 1 saturated heterocycles. The molecule has 1 fully saturated rings. The number of nitrogens with one attached hydrogen (secondary N) is 1. The number of carbonyl (C=O) groups excluding carboxylic acids is 1. The largest absolute Gasteiger partial charge is 0.426 e. The zero-order chi connectivity index (χ0) is 12.3. The van der Waals surface area contributed by atoms with Crippen molar-refractivity contribution in [1.29, 1.82) is 0 Å². The molecule has 0 aromatic carbocycles. The Balaban J connectivity index is 2.08. The minimum Gasteiger partial charge on any atom is -0.426 e. The van der Waals surface area contributed by atoms with Gasteiger partial charge in [0.25, 0.3) is 0 Å². The summed E-state index contributed by atoms with van der Waals surface area (Å²) in [6.45, 7) is 3.26. The minimum atomic E-state index is -0.333. The van der Waals surface area contributed by atoms with E-state index in [0.717, 1.165) is 0 Å². The molecule has 1 aliphatic heterocycles. The molecule has 2 heterocycles. The van der Waals surface area contributed by atoms with Gasteiger partial charge in [-0.1, -0.05) is 0 Å². The number of hydrogen-bond donors (Lipinski definition) is 1. The van der Waals surface area contributed by atoms with Gasteiger partial charge in [-0.25, -0.2) is 0 Å². The summed E-state index contributed by atoms with van der Waals surface area (Å²) in [7, 11) is 1.75. The van der Waals surface area contributed by atoms with Gasteiger partial charge < -0.3 is 19.4 Å². The van der Waals surface area contributed by atoms with Gasteiger partial charge in [-0.15, -0.1) is 10.2 Å². The van der Waals surface area contributed by atoms with Crippen LogP contribution in [-0.4, -0.2) is 53.3 Å². The summed E-state index contributed by atoms with van der Waals surface area (Å²) >= 11 is 0. The SMILES string of the molecule is CNC1C(=O)N(Cc2nnco2)CCOC1C. The smallest absolute Gasteiger partial charge is 0.242 e. The Morgan fingerprint density at radius 3 is 3.12 bits per heavy atom. The highest BCUT2D eigenvalue weighted by Crippen LogP contribution is 2.11. The summed E-state index contributed by atoms with van der Waals surface area (Å²) in [5, 5.41) is 10.3. The van der Waals surface area contributed by atoms with Crippen molar-refractivity contribution in [3.63, 3.8) is 0 Å². The van der Waals surface area contributed by atoms with Crippen LogP contribution in [0.25, 0.3) is 0 Å². The standard InChI is InChI=1S/C10H16N4O3/c1-7-9(11-2)10(15)14(3-4-16-7)5-8-13-12-6-17-8/h6-7,9,11H,3-5H2,1-2H3.